The topological polar surface area (TPSA) is 64.6 Å². The molecular weight excluding hydrogens is 266 g/mol. The highest BCUT2D eigenvalue weighted by Gasteiger charge is 2.18. The number of carbonyl (C=O) groups excluding carboxylic acids is 1. The number of aliphatic hydroxyl groups is 1. The predicted octanol–water partition coefficient (Wildman–Crippen LogP) is 1.34. The average molecular weight is 289 g/mol. The van der Waals surface area contributed by atoms with Gasteiger partial charge in [0.25, 0.3) is 5.91 Å². The van der Waals surface area contributed by atoms with Gasteiger partial charge in [0.2, 0.25) is 0 Å². The fourth-order valence-electron chi connectivity index (χ4n) is 2.26. The van der Waals surface area contributed by atoms with Crippen molar-refractivity contribution in [1.82, 2.24) is 15.8 Å². The molecule has 21 heavy (non-hydrogen) atoms. The van der Waals surface area contributed by atoms with Crippen LogP contribution in [0.1, 0.15) is 31.9 Å². The summed E-state index contributed by atoms with van der Waals surface area (Å²) in [5.41, 5.74) is 7.05. The summed E-state index contributed by atoms with van der Waals surface area (Å²) in [6.07, 6.45) is 1.77. The fraction of sp³-hybridized carbons (Fsp3) is 0.438. The van der Waals surface area contributed by atoms with E-state index in [0.717, 1.165) is 25.2 Å². The molecule has 0 saturated carbocycles. The summed E-state index contributed by atoms with van der Waals surface area (Å²) in [6, 6.07) is 9.42. The first-order valence-corrected chi connectivity index (χ1v) is 7.30. The van der Waals surface area contributed by atoms with Gasteiger partial charge in [-0.3, -0.25) is 15.1 Å². The van der Waals surface area contributed by atoms with Crippen LogP contribution in [0.25, 0.3) is 0 Å². The number of nitrogens with zero attached hydrogens (tertiary/aromatic N) is 1. The lowest BCUT2D eigenvalue weighted by Gasteiger charge is -2.30. The Morgan fingerprint density at radius 3 is 2.57 bits per heavy atom. The van der Waals surface area contributed by atoms with Crippen LogP contribution in [0, 0.1) is 0 Å². The zero-order valence-corrected chi connectivity index (χ0v) is 12.5. The van der Waals surface area contributed by atoms with Crippen molar-refractivity contribution in [2.45, 2.75) is 32.4 Å². The van der Waals surface area contributed by atoms with Crippen molar-refractivity contribution in [3.05, 3.63) is 47.7 Å². The van der Waals surface area contributed by atoms with E-state index >= 15 is 0 Å². The highest BCUT2D eigenvalue weighted by molar-refractivity contribution is 5.81. The normalized spacial score (nSPS) is 17.2. The van der Waals surface area contributed by atoms with Gasteiger partial charge in [0.1, 0.15) is 0 Å². The summed E-state index contributed by atoms with van der Waals surface area (Å²) in [7, 11) is 0. The van der Waals surface area contributed by atoms with Crippen LogP contribution in [0.2, 0.25) is 0 Å². The van der Waals surface area contributed by atoms with Crippen LogP contribution in [0.15, 0.2) is 42.1 Å². The van der Waals surface area contributed by atoms with E-state index < -0.39 is 12.0 Å². The van der Waals surface area contributed by atoms with Gasteiger partial charge in [-0.25, -0.2) is 0 Å². The first-order valence-electron chi connectivity index (χ1n) is 7.30. The van der Waals surface area contributed by atoms with Crippen LogP contribution in [-0.2, 0) is 4.79 Å². The summed E-state index contributed by atoms with van der Waals surface area (Å²) in [6.45, 7) is 6.18. The highest BCUT2D eigenvalue weighted by atomic mass is 16.3. The molecule has 0 radical (unpaired) electrons. The maximum absolute atomic E-state index is 11.9. The zero-order valence-electron chi connectivity index (χ0n) is 12.5. The molecule has 1 aromatic rings. The Balaban J connectivity index is 1.82. The monoisotopic (exact) mass is 289 g/mol. The molecule has 5 heteroatoms. The lowest BCUT2D eigenvalue weighted by molar-refractivity contribution is -0.130. The molecule has 0 aromatic heterocycles. The van der Waals surface area contributed by atoms with Crippen molar-refractivity contribution >= 4 is 5.91 Å². The molecule has 0 aliphatic carbocycles. The van der Waals surface area contributed by atoms with Crippen LogP contribution in [-0.4, -0.2) is 35.0 Å². The third-order valence-corrected chi connectivity index (χ3v) is 3.68. The lowest BCUT2D eigenvalue weighted by Crippen LogP contribution is -2.43. The molecule has 0 spiro atoms. The maximum Gasteiger partial charge on any atom is 0.271 e. The van der Waals surface area contributed by atoms with Gasteiger partial charge < -0.3 is 10.5 Å². The van der Waals surface area contributed by atoms with Crippen LogP contribution < -0.4 is 10.9 Å². The van der Waals surface area contributed by atoms with E-state index in [9.17, 15) is 9.90 Å². The third-order valence-electron chi connectivity index (χ3n) is 3.68. The molecule has 1 aliphatic heterocycles. The lowest BCUT2D eigenvalue weighted by atomic mass is 10.1. The number of hydrogen-bond donors (Lipinski definition) is 3. The molecule has 1 atom stereocenters. The quantitative estimate of drug-likeness (QED) is 0.716. The minimum absolute atomic E-state index is 0.451. The van der Waals surface area contributed by atoms with Crippen LogP contribution in [0.3, 0.4) is 0 Å². The smallest absolute Gasteiger partial charge is 0.271 e. The van der Waals surface area contributed by atoms with E-state index in [0.29, 0.717) is 11.6 Å². The summed E-state index contributed by atoms with van der Waals surface area (Å²) < 4.78 is 0. The van der Waals surface area contributed by atoms with Crippen LogP contribution in [0.5, 0.6) is 0 Å². The van der Waals surface area contributed by atoms with E-state index in [1.807, 2.05) is 6.07 Å². The molecule has 1 aromatic carbocycles. The van der Waals surface area contributed by atoms with Crippen LogP contribution in [0.4, 0.5) is 0 Å². The van der Waals surface area contributed by atoms with Gasteiger partial charge in [-0.2, -0.15) is 0 Å². The summed E-state index contributed by atoms with van der Waals surface area (Å²) in [5, 5.41) is 9.95. The Labute approximate surface area is 125 Å². The van der Waals surface area contributed by atoms with Crippen molar-refractivity contribution in [3.63, 3.8) is 0 Å². The number of benzene rings is 1. The number of carbonyl (C=O) groups is 1. The second kappa shape index (κ2) is 7.24. The summed E-state index contributed by atoms with van der Waals surface area (Å²) >= 11 is 0. The average Bonchev–Trinajstić information content (AvgIpc) is 2.53. The van der Waals surface area contributed by atoms with E-state index in [1.165, 1.54) is 0 Å². The van der Waals surface area contributed by atoms with Gasteiger partial charge in [0, 0.05) is 31.2 Å². The maximum atomic E-state index is 11.9. The molecule has 2 rings (SSSR count). The van der Waals surface area contributed by atoms with Crippen molar-refractivity contribution in [2.75, 3.05) is 13.1 Å². The number of nitrogens with one attached hydrogen (secondary N) is 2. The molecule has 1 aliphatic rings. The van der Waals surface area contributed by atoms with E-state index in [1.54, 1.807) is 24.3 Å². The molecule has 0 saturated heterocycles. The number of aliphatic hydroxyl groups excluding tert-OH is 1. The first kappa shape index (κ1) is 15.5. The molecule has 3 N–H and O–H groups in total. The minimum atomic E-state index is -1.16. The number of hydrazine groups is 1. The molecule has 5 nitrogen and oxygen atoms in total. The largest absolute Gasteiger partial charge is 0.378 e. The van der Waals surface area contributed by atoms with Gasteiger partial charge in [0.05, 0.1) is 0 Å². The van der Waals surface area contributed by atoms with Crippen molar-refractivity contribution in [2.24, 2.45) is 0 Å². The van der Waals surface area contributed by atoms with Gasteiger partial charge in [-0.15, -0.1) is 0 Å². The molecule has 0 bridgehead atoms. The molecule has 0 fully saturated rings. The van der Waals surface area contributed by atoms with Crippen LogP contribution >= 0.6 is 0 Å². The van der Waals surface area contributed by atoms with E-state index in [2.05, 4.69) is 35.7 Å². The Kier molecular flexibility index (Phi) is 5.36. The fourth-order valence-corrected chi connectivity index (χ4v) is 2.26. The van der Waals surface area contributed by atoms with Gasteiger partial charge in [-0.05, 0) is 25.5 Å². The van der Waals surface area contributed by atoms with E-state index in [4.69, 9.17) is 0 Å². The number of rotatable bonds is 5. The number of amides is 1. The van der Waals surface area contributed by atoms with Gasteiger partial charge in [0.15, 0.2) is 6.10 Å². The molecule has 0 unspecified atom stereocenters. The van der Waals surface area contributed by atoms with Crippen molar-refractivity contribution in [3.8, 4) is 0 Å². The summed E-state index contributed by atoms with van der Waals surface area (Å²) in [5.74, 6) is -0.451. The van der Waals surface area contributed by atoms with Crippen molar-refractivity contribution < 1.29 is 9.90 Å². The molecular formula is C16H23N3O2. The van der Waals surface area contributed by atoms with E-state index in [-0.39, 0.29) is 0 Å². The Morgan fingerprint density at radius 1 is 1.29 bits per heavy atom. The number of hydrogen-bond acceptors (Lipinski definition) is 4. The molecule has 1 amide bonds. The highest BCUT2D eigenvalue weighted by Crippen LogP contribution is 2.13. The minimum Gasteiger partial charge on any atom is -0.378 e. The third kappa shape index (κ3) is 4.31. The SMILES string of the molecule is CC(C)N1CC=C(NNC(=O)[C@H](O)c2ccccc2)CC1. The van der Waals surface area contributed by atoms with Gasteiger partial charge >= 0.3 is 0 Å². The second-order valence-corrected chi connectivity index (χ2v) is 5.50. The van der Waals surface area contributed by atoms with Crippen molar-refractivity contribution in [1.29, 1.82) is 0 Å². The zero-order chi connectivity index (χ0) is 15.2. The summed E-state index contributed by atoms with van der Waals surface area (Å²) in [4.78, 5) is 14.3. The standard InChI is InChI=1S/C16H23N3O2/c1-12(2)19-10-8-14(9-11-19)17-18-16(21)15(20)13-6-4-3-5-7-13/h3-8,12,15,17,20H,9-11H2,1-2H3,(H,18,21)/t15-/m1/s1. The van der Waals surface area contributed by atoms with Gasteiger partial charge in [-0.1, -0.05) is 30.3 Å². The first-order chi connectivity index (χ1) is 10.1. The Bertz CT molecular complexity index is 500. The molecule has 1 heterocycles. The second-order valence-electron chi connectivity index (χ2n) is 5.50. The predicted molar refractivity (Wildman–Crippen MR) is 82.1 cm³/mol. The molecule has 114 valence electrons. The Morgan fingerprint density at radius 2 is 2.00 bits per heavy atom. The Hall–Kier alpha value is -1.85.